The molecule has 0 unspecified atom stereocenters. The standard InChI is InChI=1S/C19H14N2O2S/c20-14-16-10-4-7-13-19(16)24(22,23)21-18-12-6-5-11-17(18)15-8-2-1-3-9-15/h1-13,21H. The van der Waals surface area contributed by atoms with Crippen molar-refractivity contribution in [3.8, 4) is 17.2 Å². The van der Waals surface area contributed by atoms with E-state index in [2.05, 4.69) is 4.72 Å². The van der Waals surface area contributed by atoms with E-state index in [0.717, 1.165) is 11.1 Å². The second-order valence-corrected chi connectivity index (χ2v) is 6.78. The second-order valence-electron chi connectivity index (χ2n) is 5.13. The van der Waals surface area contributed by atoms with E-state index >= 15 is 0 Å². The van der Waals surface area contributed by atoms with Gasteiger partial charge in [-0.2, -0.15) is 5.26 Å². The van der Waals surface area contributed by atoms with Crippen LogP contribution >= 0.6 is 0 Å². The molecule has 0 bridgehead atoms. The smallest absolute Gasteiger partial charge is 0.263 e. The van der Waals surface area contributed by atoms with Crippen molar-refractivity contribution < 1.29 is 8.42 Å². The fourth-order valence-corrected chi connectivity index (χ4v) is 3.67. The Labute approximate surface area is 141 Å². The summed E-state index contributed by atoms with van der Waals surface area (Å²) in [5.74, 6) is 0. The van der Waals surface area contributed by atoms with Gasteiger partial charge in [0.15, 0.2) is 0 Å². The summed E-state index contributed by atoms with van der Waals surface area (Å²) in [4.78, 5) is -0.0321. The van der Waals surface area contributed by atoms with Gasteiger partial charge in [-0.05, 0) is 23.8 Å². The van der Waals surface area contributed by atoms with Crippen molar-refractivity contribution in [2.75, 3.05) is 4.72 Å². The summed E-state index contributed by atoms with van der Waals surface area (Å²) < 4.78 is 28.0. The van der Waals surface area contributed by atoms with Crippen LogP contribution in [0.1, 0.15) is 5.56 Å². The Morgan fingerprint density at radius 2 is 1.42 bits per heavy atom. The third-order valence-corrected chi connectivity index (χ3v) is 4.98. The van der Waals surface area contributed by atoms with Gasteiger partial charge in [0.2, 0.25) is 0 Å². The van der Waals surface area contributed by atoms with E-state index in [0.29, 0.717) is 5.69 Å². The molecule has 0 spiro atoms. The molecule has 0 saturated heterocycles. The lowest BCUT2D eigenvalue weighted by Crippen LogP contribution is -2.15. The first-order valence-corrected chi connectivity index (χ1v) is 8.76. The normalized spacial score (nSPS) is 10.8. The van der Waals surface area contributed by atoms with Gasteiger partial charge in [0.25, 0.3) is 10.0 Å². The highest BCUT2D eigenvalue weighted by atomic mass is 32.2. The van der Waals surface area contributed by atoms with Gasteiger partial charge in [-0.25, -0.2) is 8.42 Å². The van der Waals surface area contributed by atoms with Gasteiger partial charge in [-0.3, -0.25) is 4.72 Å². The highest BCUT2D eigenvalue weighted by Crippen LogP contribution is 2.29. The Balaban J connectivity index is 2.05. The molecule has 0 amide bonds. The zero-order chi connectivity index (χ0) is 17.0. The van der Waals surface area contributed by atoms with Crippen LogP contribution in [0, 0.1) is 11.3 Å². The Morgan fingerprint density at radius 3 is 2.17 bits per heavy atom. The molecule has 0 radical (unpaired) electrons. The Morgan fingerprint density at radius 1 is 0.792 bits per heavy atom. The molecule has 0 heterocycles. The number of para-hydroxylation sites is 1. The van der Waals surface area contributed by atoms with Gasteiger partial charge in [0.1, 0.15) is 11.0 Å². The Bertz CT molecular complexity index is 1010. The number of hydrogen-bond acceptors (Lipinski definition) is 3. The first kappa shape index (κ1) is 15.8. The van der Waals surface area contributed by atoms with Gasteiger partial charge in [-0.15, -0.1) is 0 Å². The van der Waals surface area contributed by atoms with Crippen LogP contribution in [0.5, 0.6) is 0 Å². The Kier molecular flexibility index (Phi) is 4.32. The molecule has 0 aromatic heterocycles. The number of benzene rings is 3. The van der Waals surface area contributed by atoms with Crippen LogP contribution in [0.3, 0.4) is 0 Å². The van der Waals surface area contributed by atoms with Crippen LogP contribution in [0.4, 0.5) is 5.69 Å². The molecule has 24 heavy (non-hydrogen) atoms. The molecule has 4 nitrogen and oxygen atoms in total. The monoisotopic (exact) mass is 334 g/mol. The first-order chi connectivity index (χ1) is 11.6. The van der Waals surface area contributed by atoms with Crippen LogP contribution < -0.4 is 4.72 Å². The van der Waals surface area contributed by atoms with E-state index in [4.69, 9.17) is 5.26 Å². The first-order valence-electron chi connectivity index (χ1n) is 7.28. The minimum absolute atomic E-state index is 0.0321. The molecular formula is C19H14N2O2S. The maximum atomic E-state index is 12.7. The molecule has 0 aliphatic carbocycles. The van der Waals surface area contributed by atoms with Gasteiger partial charge >= 0.3 is 0 Å². The summed E-state index contributed by atoms with van der Waals surface area (Å²) in [6, 6.07) is 24.7. The highest BCUT2D eigenvalue weighted by Gasteiger charge is 2.19. The quantitative estimate of drug-likeness (QED) is 0.783. The summed E-state index contributed by atoms with van der Waals surface area (Å²) >= 11 is 0. The summed E-state index contributed by atoms with van der Waals surface area (Å²) in [7, 11) is -3.86. The molecule has 5 heteroatoms. The molecule has 0 saturated carbocycles. The minimum atomic E-state index is -3.86. The number of rotatable bonds is 4. The van der Waals surface area contributed by atoms with Crippen molar-refractivity contribution in [1.82, 2.24) is 0 Å². The zero-order valence-corrected chi connectivity index (χ0v) is 13.5. The van der Waals surface area contributed by atoms with Gasteiger partial charge in [0, 0.05) is 5.56 Å². The van der Waals surface area contributed by atoms with Crippen LogP contribution in [0.25, 0.3) is 11.1 Å². The van der Waals surface area contributed by atoms with Crippen LogP contribution in [0.2, 0.25) is 0 Å². The molecule has 1 N–H and O–H groups in total. The van der Waals surface area contributed by atoms with Crippen LogP contribution in [-0.2, 0) is 10.0 Å². The average Bonchev–Trinajstić information content (AvgIpc) is 2.62. The predicted octanol–water partition coefficient (Wildman–Crippen LogP) is 4.03. The van der Waals surface area contributed by atoms with Crippen molar-refractivity contribution in [2.24, 2.45) is 0 Å². The number of sulfonamides is 1. The van der Waals surface area contributed by atoms with E-state index < -0.39 is 10.0 Å². The summed E-state index contributed by atoms with van der Waals surface area (Å²) in [6.45, 7) is 0. The highest BCUT2D eigenvalue weighted by molar-refractivity contribution is 7.92. The molecule has 3 rings (SSSR count). The number of nitriles is 1. The molecular weight excluding hydrogens is 320 g/mol. The van der Waals surface area contributed by atoms with E-state index in [1.807, 2.05) is 48.5 Å². The molecule has 3 aromatic carbocycles. The third kappa shape index (κ3) is 3.14. The SMILES string of the molecule is N#Cc1ccccc1S(=O)(=O)Nc1ccccc1-c1ccccc1. The van der Waals surface area contributed by atoms with Gasteiger partial charge in [-0.1, -0.05) is 60.7 Å². The third-order valence-electron chi connectivity index (χ3n) is 3.55. The number of hydrogen-bond donors (Lipinski definition) is 1. The largest absolute Gasteiger partial charge is 0.279 e. The summed E-state index contributed by atoms with van der Waals surface area (Å²) in [6.07, 6.45) is 0. The molecule has 118 valence electrons. The molecule has 0 aliphatic heterocycles. The van der Waals surface area contributed by atoms with E-state index in [-0.39, 0.29) is 10.5 Å². The number of nitrogens with zero attached hydrogens (tertiary/aromatic N) is 1. The van der Waals surface area contributed by atoms with Gasteiger partial charge < -0.3 is 0 Å². The van der Waals surface area contributed by atoms with Gasteiger partial charge in [0.05, 0.1) is 11.3 Å². The summed E-state index contributed by atoms with van der Waals surface area (Å²) in [5, 5.41) is 9.14. The van der Waals surface area contributed by atoms with E-state index in [9.17, 15) is 8.42 Å². The van der Waals surface area contributed by atoms with Crippen LogP contribution in [0.15, 0.2) is 83.8 Å². The number of nitrogens with one attached hydrogen (secondary N) is 1. The lowest BCUT2D eigenvalue weighted by Gasteiger charge is -2.13. The fourth-order valence-electron chi connectivity index (χ4n) is 2.43. The summed E-state index contributed by atoms with van der Waals surface area (Å²) in [5.41, 5.74) is 2.26. The Hall–Kier alpha value is -3.10. The van der Waals surface area contributed by atoms with Crippen LogP contribution in [-0.4, -0.2) is 8.42 Å². The van der Waals surface area contributed by atoms with E-state index in [1.54, 1.807) is 24.3 Å². The number of anilines is 1. The van der Waals surface area contributed by atoms with Crippen molar-refractivity contribution >= 4 is 15.7 Å². The van der Waals surface area contributed by atoms with Crippen molar-refractivity contribution in [1.29, 1.82) is 5.26 Å². The lowest BCUT2D eigenvalue weighted by atomic mass is 10.0. The average molecular weight is 334 g/mol. The topological polar surface area (TPSA) is 70.0 Å². The maximum absolute atomic E-state index is 12.7. The maximum Gasteiger partial charge on any atom is 0.263 e. The zero-order valence-electron chi connectivity index (χ0n) is 12.7. The fraction of sp³-hybridized carbons (Fsp3) is 0. The minimum Gasteiger partial charge on any atom is -0.279 e. The molecule has 0 atom stereocenters. The van der Waals surface area contributed by atoms with Crippen molar-refractivity contribution in [3.05, 3.63) is 84.4 Å². The molecule has 3 aromatic rings. The second kappa shape index (κ2) is 6.57. The predicted molar refractivity (Wildman–Crippen MR) is 93.8 cm³/mol. The molecule has 0 aliphatic rings. The lowest BCUT2D eigenvalue weighted by molar-refractivity contribution is 0.601. The van der Waals surface area contributed by atoms with Crippen molar-refractivity contribution in [2.45, 2.75) is 4.90 Å². The molecule has 0 fully saturated rings. The van der Waals surface area contributed by atoms with Crippen molar-refractivity contribution in [3.63, 3.8) is 0 Å². The van der Waals surface area contributed by atoms with E-state index in [1.165, 1.54) is 12.1 Å².